The Hall–Kier alpha value is -1.04. The van der Waals surface area contributed by atoms with Gasteiger partial charge in [0.25, 0.3) is 0 Å². The van der Waals surface area contributed by atoms with E-state index >= 15 is 0 Å². The van der Waals surface area contributed by atoms with Crippen molar-refractivity contribution in [3.8, 4) is 0 Å². The number of carbonyl (C=O) groups excluding carboxylic acids is 1. The molecule has 1 rings (SSSR count). The van der Waals surface area contributed by atoms with Crippen LogP contribution in [0.3, 0.4) is 0 Å². The highest BCUT2D eigenvalue weighted by Crippen LogP contribution is 2.12. The van der Waals surface area contributed by atoms with E-state index in [9.17, 15) is 4.79 Å². The molecule has 1 aromatic carbocycles. The summed E-state index contributed by atoms with van der Waals surface area (Å²) in [5.74, 6) is 1.31. The van der Waals surface area contributed by atoms with Crippen LogP contribution in [0.1, 0.15) is 12.5 Å². The molecule has 0 aliphatic rings. The normalized spacial score (nSPS) is 13.8. The Morgan fingerprint density at radius 2 is 2.00 bits per heavy atom. The Kier molecular flexibility index (Phi) is 7.65. The number of hydrogen-bond donors (Lipinski definition) is 1. The third-order valence-corrected chi connectivity index (χ3v) is 3.95. The molecular weight excluding hydrogens is 274 g/mol. The topological polar surface area (TPSA) is 47.6 Å². The molecule has 5 heteroatoms. The molecule has 0 aliphatic carbocycles. The number of rotatable bonds is 9. The largest absolute Gasteiger partial charge is 0.382 e. The fraction of sp³-hybridized carbons (Fsp3) is 0.533. The van der Waals surface area contributed by atoms with Gasteiger partial charge < -0.3 is 14.8 Å². The summed E-state index contributed by atoms with van der Waals surface area (Å²) < 4.78 is 10.4. The van der Waals surface area contributed by atoms with Gasteiger partial charge in [-0.25, -0.2) is 0 Å². The molecule has 0 spiro atoms. The maximum absolute atomic E-state index is 11.8. The first-order valence-corrected chi connectivity index (χ1v) is 7.67. The van der Waals surface area contributed by atoms with Gasteiger partial charge in [0.1, 0.15) is 5.60 Å². The van der Waals surface area contributed by atoms with Crippen molar-refractivity contribution in [2.24, 2.45) is 0 Å². The lowest BCUT2D eigenvalue weighted by Gasteiger charge is -2.27. The van der Waals surface area contributed by atoms with Crippen LogP contribution in [0.25, 0.3) is 0 Å². The average Bonchev–Trinajstić information content (AvgIpc) is 2.47. The highest BCUT2D eigenvalue weighted by Gasteiger charge is 2.24. The Labute approximate surface area is 125 Å². The predicted molar refractivity (Wildman–Crippen MR) is 82.9 cm³/mol. The number of thioether (sulfide) groups is 1. The average molecular weight is 297 g/mol. The summed E-state index contributed by atoms with van der Waals surface area (Å²) in [7, 11) is 3.24. The number of nitrogens with one attached hydrogen (secondary N) is 1. The summed E-state index contributed by atoms with van der Waals surface area (Å²) in [6.07, 6.45) is 0. The van der Waals surface area contributed by atoms with E-state index < -0.39 is 5.60 Å². The van der Waals surface area contributed by atoms with Crippen molar-refractivity contribution < 1.29 is 14.3 Å². The minimum absolute atomic E-state index is 0.0188. The fourth-order valence-corrected chi connectivity index (χ4v) is 2.48. The number of ether oxygens (including phenoxy) is 2. The van der Waals surface area contributed by atoms with Crippen molar-refractivity contribution in [1.82, 2.24) is 5.32 Å². The van der Waals surface area contributed by atoms with Gasteiger partial charge >= 0.3 is 0 Å². The van der Waals surface area contributed by atoms with Crippen LogP contribution in [-0.4, -0.2) is 44.6 Å². The zero-order valence-electron chi connectivity index (χ0n) is 12.3. The third kappa shape index (κ3) is 6.41. The van der Waals surface area contributed by atoms with Crippen molar-refractivity contribution in [3.05, 3.63) is 35.9 Å². The summed E-state index contributed by atoms with van der Waals surface area (Å²) in [6, 6.07) is 10.1. The van der Waals surface area contributed by atoms with E-state index in [4.69, 9.17) is 9.47 Å². The van der Waals surface area contributed by atoms with Crippen LogP contribution >= 0.6 is 11.8 Å². The van der Waals surface area contributed by atoms with E-state index in [-0.39, 0.29) is 5.91 Å². The monoisotopic (exact) mass is 297 g/mol. The lowest BCUT2D eigenvalue weighted by Crippen LogP contribution is -2.45. The van der Waals surface area contributed by atoms with E-state index in [0.29, 0.717) is 18.9 Å². The van der Waals surface area contributed by atoms with Crippen molar-refractivity contribution in [2.75, 3.05) is 33.1 Å². The molecule has 0 fully saturated rings. The van der Waals surface area contributed by atoms with Crippen molar-refractivity contribution in [3.63, 3.8) is 0 Å². The Morgan fingerprint density at radius 1 is 1.30 bits per heavy atom. The third-order valence-electron chi connectivity index (χ3n) is 2.95. The number of hydrogen-bond acceptors (Lipinski definition) is 4. The number of amides is 1. The summed E-state index contributed by atoms with van der Waals surface area (Å²) in [5.41, 5.74) is 0.750. The molecule has 0 unspecified atom stereocenters. The van der Waals surface area contributed by atoms with Crippen LogP contribution in [0, 0.1) is 0 Å². The van der Waals surface area contributed by atoms with Crippen molar-refractivity contribution >= 4 is 17.7 Å². The van der Waals surface area contributed by atoms with Gasteiger partial charge in [0.15, 0.2) is 0 Å². The molecule has 0 saturated heterocycles. The quantitative estimate of drug-likeness (QED) is 0.758. The van der Waals surface area contributed by atoms with Gasteiger partial charge in [-0.05, 0) is 12.5 Å². The first kappa shape index (κ1) is 17.0. The van der Waals surface area contributed by atoms with Gasteiger partial charge in [0.05, 0.1) is 12.4 Å². The second kappa shape index (κ2) is 9.00. The molecule has 20 heavy (non-hydrogen) atoms. The van der Waals surface area contributed by atoms with E-state index in [1.165, 1.54) is 5.56 Å². The first-order valence-electron chi connectivity index (χ1n) is 6.52. The first-order chi connectivity index (χ1) is 9.59. The molecule has 0 aromatic heterocycles. The lowest BCUT2D eigenvalue weighted by atomic mass is 10.1. The van der Waals surface area contributed by atoms with Gasteiger partial charge in [0, 0.05) is 26.5 Å². The van der Waals surface area contributed by atoms with E-state index in [0.717, 1.165) is 5.75 Å². The summed E-state index contributed by atoms with van der Waals surface area (Å²) in [4.78, 5) is 11.8. The van der Waals surface area contributed by atoms with E-state index in [1.54, 1.807) is 26.0 Å². The van der Waals surface area contributed by atoms with Crippen LogP contribution in [0.5, 0.6) is 0 Å². The van der Waals surface area contributed by atoms with Gasteiger partial charge in [-0.2, -0.15) is 0 Å². The zero-order chi connectivity index (χ0) is 14.8. The number of methoxy groups -OCH3 is 2. The molecule has 1 atom stereocenters. The highest BCUT2D eigenvalue weighted by molar-refractivity contribution is 7.99. The molecule has 4 nitrogen and oxygen atoms in total. The van der Waals surface area contributed by atoms with Gasteiger partial charge in [-0.1, -0.05) is 30.3 Å². The van der Waals surface area contributed by atoms with Crippen LogP contribution in [0.2, 0.25) is 0 Å². The molecule has 0 bridgehead atoms. The maximum Gasteiger partial charge on any atom is 0.230 e. The summed E-state index contributed by atoms with van der Waals surface area (Å²) >= 11 is 1.60. The van der Waals surface area contributed by atoms with Gasteiger partial charge in [-0.15, -0.1) is 11.8 Å². The molecule has 0 radical (unpaired) electrons. The summed E-state index contributed by atoms with van der Waals surface area (Å²) in [5, 5.41) is 2.88. The smallest absolute Gasteiger partial charge is 0.230 e. The van der Waals surface area contributed by atoms with Crippen molar-refractivity contribution in [2.45, 2.75) is 18.3 Å². The minimum Gasteiger partial charge on any atom is -0.382 e. The van der Waals surface area contributed by atoms with Crippen molar-refractivity contribution in [1.29, 1.82) is 0 Å². The van der Waals surface area contributed by atoms with Gasteiger partial charge in [-0.3, -0.25) is 4.79 Å². The molecular formula is C15H23NO3S. The molecule has 0 aliphatic heterocycles. The molecule has 0 heterocycles. The predicted octanol–water partition coefficient (Wildman–Crippen LogP) is 2.09. The standard InChI is InChI=1S/C15H23NO3S/c1-15(19-3,12-18-2)11-16-14(17)10-20-9-13-7-5-4-6-8-13/h4-8H,9-12H2,1-3H3,(H,16,17)/t15-/m0/s1. The minimum atomic E-state index is -0.478. The Morgan fingerprint density at radius 3 is 2.60 bits per heavy atom. The van der Waals surface area contributed by atoms with Crippen LogP contribution in [0.4, 0.5) is 0 Å². The molecule has 1 N–H and O–H groups in total. The maximum atomic E-state index is 11.8. The zero-order valence-corrected chi connectivity index (χ0v) is 13.2. The van der Waals surface area contributed by atoms with E-state index in [2.05, 4.69) is 17.4 Å². The second-order valence-electron chi connectivity index (χ2n) is 4.84. The van der Waals surface area contributed by atoms with Crippen LogP contribution in [0.15, 0.2) is 30.3 Å². The number of carbonyl (C=O) groups is 1. The highest BCUT2D eigenvalue weighted by atomic mass is 32.2. The van der Waals surface area contributed by atoms with Crippen LogP contribution < -0.4 is 5.32 Å². The fourth-order valence-electron chi connectivity index (χ4n) is 1.66. The summed E-state index contributed by atoms with van der Waals surface area (Å²) in [6.45, 7) is 2.80. The Bertz CT molecular complexity index is 399. The van der Waals surface area contributed by atoms with Gasteiger partial charge in [0.2, 0.25) is 5.91 Å². The number of benzene rings is 1. The molecule has 1 amide bonds. The second-order valence-corrected chi connectivity index (χ2v) is 5.83. The molecule has 0 saturated carbocycles. The van der Waals surface area contributed by atoms with Crippen LogP contribution in [-0.2, 0) is 20.0 Å². The lowest BCUT2D eigenvalue weighted by molar-refractivity contribution is -0.120. The molecule has 112 valence electrons. The molecule has 1 aromatic rings. The Balaban J connectivity index is 2.23. The van der Waals surface area contributed by atoms with E-state index in [1.807, 2.05) is 25.1 Å². The SMILES string of the molecule is COC[C@](C)(CNC(=O)CSCc1ccccc1)OC.